The van der Waals surface area contributed by atoms with Gasteiger partial charge in [0.25, 0.3) is 0 Å². The van der Waals surface area contributed by atoms with E-state index < -0.39 is 0 Å². The summed E-state index contributed by atoms with van der Waals surface area (Å²) in [6, 6.07) is 16.8. The lowest BCUT2D eigenvalue weighted by molar-refractivity contribution is 0.330. The number of rotatable bonds is 7. The quantitative estimate of drug-likeness (QED) is 0.849. The van der Waals surface area contributed by atoms with Crippen LogP contribution in [-0.4, -0.2) is 25.6 Å². The third-order valence-electron chi connectivity index (χ3n) is 3.64. The van der Waals surface area contributed by atoms with Crippen LogP contribution in [0, 0.1) is 0 Å². The van der Waals surface area contributed by atoms with E-state index in [1.165, 1.54) is 11.1 Å². The van der Waals surface area contributed by atoms with Crippen LogP contribution in [0.3, 0.4) is 0 Å². The minimum Gasteiger partial charge on any atom is -0.496 e. The minimum atomic E-state index is 0.505. The Morgan fingerprint density at radius 2 is 1.81 bits per heavy atom. The molecule has 21 heavy (non-hydrogen) atoms. The normalized spacial score (nSPS) is 10.9. The molecule has 2 aromatic carbocycles. The van der Waals surface area contributed by atoms with Crippen LogP contribution in [0.2, 0.25) is 0 Å². The molecule has 0 unspecified atom stereocenters. The van der Waals surface area contributed by atoms with Gasteiger partial charge in [-0.3, -0.25) is 0 Å². The van der Waals surface area contributed by atoms with Crippen LogP contribution in [0.5, 0.6) is 5.75 Å². The Kier molecular flexibility index (Phi) is 5.78. The third kappa shape index (κ3) is 4.59. The Hall–Kier alpha value is -1.84. The molecular weight excluding hydrogens is 260 g/mol. The SMILES string of the molecule is COc1ccc(CN(C)CCc2ccccc2)cc1CN. The number of benzene rings is 2. The largest absolute Gasteiger partial charge is 0.496 e. The van der Waals surface area contributed by atoms with Crippen LogP contribution >= 0.6 is 0 Å². The fraction of sp³-hybridized carbons (Fsp3) is 0.333. The second kappa shape index (κ2) is 7.81. The van der Waals surface area contributed by atoms with Crippen molar-refractivity contribution >= 4 is 0 Å². The molecule has 0 heterocycles. The fourth-order valence-electron chi connectivity index (χ4n) is 2.45. The van der Waals surface area contributed by atoms with Crippen LogP contribution in [0.4, 0.5) is 0 Å². The van der Waals surface area contributed by atoms with E-state index >= 15 is 0 Å². The van der Waals surface area contributed by atoms with Gasteiger partial charge in [0.1, 0.15) is 5.75 Å². The molecule has 0 atom stereocenters. The van der Waals surface area contributed by atoms with Crippen molar-refractivity contribution in [2.45, 2.75) is 19.5 Å². The number of ether oxygens (including phenoxy) is 1. The number of nitrogens with two attached hydrogens (primary N) is 1. The van der Waals surface area contributed by atoms with Gasteiger partial charge in [0.05, 0.1) is 7.11 Å². The summed E-state index contributed by atoms with van der Waals surface area (Å²) in [6.07, 6.45) is 1.07. The van der Waals surface area contributed by atoms with Crippen molar-refractivity contribution in [1.29, 1.82) is 0 Å². The molecule has 0 spiro atoms. The summed E-state index contributed by atoms with van der Waals surface area (Å²) < 4.78 is 5.31. The van der Waals surface area contributed by atoms with E-state index in [9.17, 15) is 0 Å². The fourth-order valence-corrected chi connectivity index (χ4v) is 2.45. The van der Waals surface area contributed by atoms with Gasteiger partial charge in [-0.25, -0.2) is 0 Å². The Morgan fingerprint density at radius 1 is 1.05 bits per heavy atom. The maximum absolute atomic E-state index is 5.77. The van der Waals surface area contributed by atoms with E-state index in [-0.39, 0.29) is 0 Å². The molecule has 2 rings (SSSR count). The van der Waals surface area contributed by atoms with Crippen molar-refractivity contribution in [3.8, 4) is 5.75 Å². The molecule has 0 aliphatic heterocycles. The maximum Gasteiger partial charge on any atom is 0.123 e. The molecule has 0 radical (unpaired) electrons. The summed E-state index contributed by atoms with van der Waals surface area (Å²) in [6.45, 7) is 2.46. The number of hydrogen-bond acceptors (Lipinski definition) is 3. The zero-order valence-electron chi connectivity index (χ0n) is 12.9. The molecule has 0 fully saturated rings. The average molecular weight is 284 g/mol. The van der Waals surface area contributed by atoms with E-state index in [4.69, 9.17) is 10.5 Å². The first-order valence-corrected chi connectivity index (χ1v) is 7.31. The van der Waals surface area contributed by atoms with E-state index in [0.717, 1.165) is 30.8 Å². The first-order chi connectivity index (χ1) is 10.2. The Labute approximate surface area is 127 Å². The van der Waals surface area contributed by atoms with Gasteiger partial charge < -0.3 is 15.4 Å². The zero-order valence-corrected chi connectivity index (χ0v) is 12.9. The average Bonchev–Trinajstić information content (AvgIpc) is 2.53. The van der Waals surface area contributed by atoms with Crippen molar-refractivity contribution in [3.63, 3.8) is 0 Å². The minimum absolute atomic E-state index is 0.505. The molecule has 2 N–H and O–H groups in total. The molecule has 0 aliphatic rings. The molecule has 0 amide bonds. The Morgan fingerprint density at radius 3 is 2.48 bits per heavy atom. The molecule has 0 saturated heterocycles. The maximum atomic E-state index is 5.77. The molecule has 0 aliphatic carbocycles. The molecule has 112 valence electrons. The lowest BCUT2D eigenvalue weighted by Crippen LogP contribution is -2.20. The highest BCUT2D eigenvalue weighted by Gasteiger charge is 2.05. The molecule has 3 heteroatoms. The summed E-state index contributed by atoms with van der Waals surface area (Å²) in [5.41, 5.74) is 9.48. The van der Waals surface area contributed by atoms with Crippen molar-refractivity contribution in [2.24, 2.45) is 5.73 Å². The van der Waals surface area contributed by atoms with Gasteiger partial charge in [0, 0.05) is 25.2 Å². The van der Waals surface area contributed by atoms with Crippen LogP contribution in [-0.2, 0) is 19.5 Å². The van der Waals surface area contributed by atoms with Gasteiger partial charge in [0.2, 0.25) is 0 Å². The third-order valence-corrected chi connectivity index (χ3v) is 3.64. The van der Waals surface area contributed by atoms with Crippen LogP contribution in [0.25, 0.3) is 0 Å². The summed E-state index contributed by atoms with van der Waals surface area (Å²) in [4.78, 5) is 2.33. The topological polar surface area (TPSA) is 38.5 Å². The molecule has 2 aromatic rings. The highest BCUT2D eigenvalue weighted by Crippen LogP contribution is 2.20. The van der Waals surface area contributed by atoms with Crippen molar-refractivity contribution in [1.82, 2.24) is 4.90 Å². The van der Waals surface area contributed by atoms with Gasteiger partial charge in [-0.05, 0) is 36.7 Å². The van der Waals surface area contributed by atoms with Crippen molar-refractivity contribution < 1.29 is 4.74 Å². The van der Waals surface area contributed by atoms with Crippen LogP contribution in [0.15, 0.2) is 48.5 Å². The summed E-state index contributed by atoms with van der Waals surface area (Å²) in [5, 5.41) is 0. The Bertz CT molecular complexity index is 554. The van der Waals surface area contributed by atoms with Gasteiger partial charge >= 0.3 is 0 Å². The first kappa shape index (κ1) is 15.5. The van der Waals surface area contributed by atoms with Crippen molar-refractivity contribution in [3.05, 3.63) is 65.2 Å². The first-order valence-electron chi connectivity index (χ1n) is 7.31. The summed E-state index contributed by atoms with van der Waals surface area (Å²) >= 11 is 0. The molecule has 3 nitrogen and oxygen atoms in total. The van der Waals surface area contributed by atoms with Gasteiger partial charge in [-0.15, -0.1) is 0 Å². The smallest absolute Gasteiger partial charge is 0.123 e. The lowest BCUT2D eigenvalue weighted by Gasteiger charge is -2.18. The predicted octanol–water partition coefficient (Wildman–Crippen LogP) is 2.83. The van der Waals surface area contributed by atoms with Gasteiger partial charge in [0.15, 0.2) is 0 Å². The predicted molar refractivity (Wildman–Crippen MR) is 87.4 cm³/mol. The molecule has 0 bridgehead atoms. The van der Waals surface area contributed by atoms with Crippen LogP contribution < -0.4 is 10.5 Å². The standard InChI is InChI=1S/C18H24N2O/c1-20(11-10-15-6-4-3-5-7-15)14-16-8-9-18(21-2)17(12-16)13-19/h3-9,12H,10-11,13-14,19H2,1-2H3. The zero-order chi connectivity index (χ0) is 15.1. The highest BCUT2D eigenvalue weighted by molar-refractivity contribution is 5.37. The summed E-state index contributed by atoms with van der Waals surface area (Å²) in [7, 11) is 3.83. The number of nitrogens with zero attached hydrogens (tertiary/aromatic N) is 1. The Balaban J connectivity index is 1.91. The monoisotopic (exact) mass is 284 g/mol. The van der Waals surface area contributed by atoms with Crippen molar-refractivity contribution in [2.75, 3.05) is 20.7 Å². The number of likely N-dealkylation sites (N-methyl/N-ethyl adjacent to an activating group) is 1. The summed E-state index contributed by atoms with van der Waals surface area (Å²) in [5.74, 6) is 0.869. The van der Waals surface area contributed by atoms with E-state index in [0.29, 0.717) is 6.54 Å². The second-order valence-corrected chi connectivity index (χ2v) is 5.32. The number of hydrogen-bond donors (Lipinski definition) is 1. The van der Waals surface area contributed by atoms with E-state index in [1.54, 1.807) is 7.11 Å². The molecule has 0 aromatic heterocycles. The lowest BCUT2D eigenvalue weighted by atomic mass is 10.1. The van der Waals surface area contributed by atoms with Gasteiger partial charge in [-0.1, -0.05) is 36.4 Å². The van der Waals surface area contributed by atoms with E-state index in [2.05, 4.69) is 54.4 Å². The number of methoxy groups -OCH3 is 1. The highest BCUT2D eigenvalue weighted by atomic mass is 16.5. The van der Waals surface area contributed by atoms with E-state index in [1.807, 2.05) is 6.07 Å². The van der Waals surface area contributed by atoms with Gasteiger partial charge in [-0.2, -0.15) is 0 Å². The van der Waals surface area contributed by atoms with Crippen LogP contribution in [0.1, 0.15) is 16.7 Å². The second-order valence-electron chi connectivity index (χ2n) is 5.32. The molecule has 0 saturated carbocycles. The molecular formula is C18H24N2O.